The molecule has 1 rings (SSSR count). The quantitative estimate of drug-likeness (QED) is 0.766. The van der Waals surface area contributed by atoms with Crippen LogP contribution in [0.3, 0.4) is 0 Å². The molecule has 0 aliphatic rings. The lowest BCUT2D eigenvalue weighted by molar-refractivity contribution is 0.269. The highest BCUT2D eigenvalue weighted by Crippen LogP contribution is 2.16. The van der Waals surface area contributed by atoms with Gasteiger partial charge in [-0.1, -0.05) is 17.7 Å². The third-order valence-corrected chi connectivity index (χ3v) is 3.43. The van der Waals surface area contributed by atoms with Crippen LogP contribution in [0.4, 0.5) is 4.39 Å². The molecule has 4 heteroatoms. The Hall–Kier alpha value is -0.640. The highest BCUT2D eigenvalue weighted by molar-refractivity contribution is 6.31. The number of hydrogen-bond donors (Lipinski definition) is 1. The van der Waals surface area contributed by atoms with Gasteiger partial charge >= 0.3 is 0 Å². The van der Waals surface area contributed by atoms with Gasteiger partial charge in [0.05, 0.1) is 0 Å². The molecule has 0 unspecified atom stereocenters. The lowest BCUT2D eigenvalue weighted by Crippen LogP contribution is -2.29. The van der Waals surface area contributed by atoms with Gasteiger partial charge in [0.1, 0.15) is 5.82 Å². The molecule has 18 heavy (non-hydrogen) atoms. The summed E-state index contributed by atoms with van der Waals surface area (Å²) < 4.78 is 12.8. The van der Waals surface area contributed by atoms with Crippen molar-refractivity contribution in [2.24, 2.45) is 0 Å². The molecule has 0 saturated heterocycles. The van der Waals surface area contributed by atoms with Crippen LogP contribution in [0, 0.1) is 5.82 Å². The van der Waals surface area contributed by atoms with E-state index in [1.54, 1.807) is 6.07 Å². The molecule has 0 saturated carbocycles. The molecule has 0 aromatic heterocycles. The summed E-state index contributed by atoms with van der Waals surface area (Å²) in [5.41, 5.74) is 0.940. The van der Waals surface area contributed by atoms with Crippen molar-refractivity contribution < 1.29 is 4.39 Å². The highest BCUT2D eigenvalue weighted by atomic mass is 35.5. The van der Waals surface area contributed by atoms with E-state index in [-0.39, 0.29) is 5.82 Å². The molecule has 0 spiro atoms. The number of benzene rings is 1. The Morgan fingerprint density at radius 3 is 2.72 bits per heavy atom. The summed E-state index contributed by atoms with van der Waals surface area (Å²) in [5, 5.41) is 3.81. The van der Waals surface area contributed by atoms with E-state index in [0.29, 0.717) is 17.6 Å². The molecule has 0 fully saturated rings. The van der Waals surface area contributed by atoms with Crippen LogP contribution < -0.4 is 5.32 Å². The molecule has 1 N–H and O–H groups in total. The van der Waals surface area contributed by atoms with E-state index in [9.17, 15) is 4.39 Å². The van der Waals surface area contributed by atoms with Gasteiger partial charge in [0.25, 0.3) is 0 Å². The summed E-state index contributed by atoms with van der Waals surface area (Å²) in [6, 6.07) is 5.10. The monoisotopic (exact) mass is 272 g/mol. The van der Waals surface area contributed by atoms with Gasteiger partial charge in [-0.2, -0.15) is 0 Å². The van der Waals surface area contributed by atoms with Crippen molar-refractivity contribution >= 4 is 11.6 Å². The van der Waals surface area contributed by atoms with Gasteiger partial charge in [0.2, 0.25) is 0 Å². The van der Waals surface area contributed by atoms with Crippen molar-refractivity contribution in [3.63, 3.8) is 0 Å². The van der Waals surface area contributed by atoms with E-state index in [4.69, 9.17) is 11.6 Å². The van der Waals surface area contributed by atoms with E-state index >= 15 is 0 Å². The fraction of sp³-hybridized carbons (Fsp3) is 0.571. The zero-order chi connectivity index (χ0) is 13.5. The summed E-state index contributed by atoms with van der Waals surface area (Å²) >= 11 is 5.95. The second-order valence-corrected chi connectivity index (χ2v) is 5.25. The van der Waals surface area contributed by atoms with Gasteiger partial charge in [-0.25, -0.2) is 4.39 Å². The molecule has 0 atom stereocenters. The fourth-order valence-corrected chi connectivity index (χ4v) is 1.83. The smallest absolute Gasteiger partial charge is 0.124 e. The number of nitrogens with one attached hydrogen (secondary N) is 1. The Balaban J connectivity index is 2.22. The predicted molar refractivity (Wildman–Crippen MR) is 75.5 cm³/mol. The number of rotatable bonds is 7. The Labute approximate surface area is 114 Å². The molecule has 1 aromatic rings. The van der Waals surface area contributed by atoms with Crippen LogP contribution >= 0.6 is 11.6 Å². The zero-order valence-electron chi connectivity index (χ0n) is 11.3. The van der Waals surface area contributed by atoms with Crippen LogP contribution in [-0.4, -0.2) is 31.1 Å². The van der Waals surface area contributed by atoms with Crippen LogP contribution in [0.25, 0.3) is 0 Å². The lowest BCUT2D eigenvalue weighted by Gasteiger charge is -2.20. The van der Waals surface area contributed by atoms with Crippen LogP contribution in [0.2, 0.25) is 5.02 Å². The lowest BCUT2D eigenvalue weighted by atomic mass is 10.2. The van der Waals surface area contributed by atoms with Crippen LogP contribution in [0.5, 0.6) is 0 Å². The van der Waals surface area contributed by atoms with Crippen molar-refractivity contribution in [1.29, 1.82) is 0 Å². The first-order chi connectivity index (χ1) is 8.50. The molecule has 0 bridgehead atoms. The van der Waals surface area contributed by atoms with Gasteiger partial charge in [0.15, 0.2) is 0 Å². The normalized spacial score (nSPS) is 11.5. The van der Waals surface area contributed by atoms with E-state index in [2.05, 4.69) is 31.1 Å². The minimum atomic E-state index is -0.290. The summed E-state index contributed by atoms with van der Waals surface area (Å²) in [6.07, 6.45) is 1.09. The molecule has 1 aromatic carbocycles. The Kier molecular flexibility index (Phi) is 6.61. The summed E-state index contributed by atoms with van der Waals surface area (Å²) in [6.45, 7) is 7.06. The SMILES string of the molecule is CC(C)N(C)CCCNCc1ccc(F)cc1Cl. The zero-order valence-corrected chi connectivity index (χ0v) is 12.1. The van der Waals surface area contributed by atoms with Gasteiger partial charge in [-0.05, 0) is 58.1 Å². The summed E-state index contributed by atoms with van der Waals surface area (Å²) in [7, 11) is 2.13. The maximum Gasteiger partial charge on any atom is 0.124 e. The van der Waals surface area contributed by atoms with E-state index < -0.39 is 0 Å². The molecule has 0 aliphatic carbocycles. The van der Waals surface area contributed by atoms with E-state index in [1.165, 1.54) is 12.1 Å². The van der Waals surface area contributed by atoms with Gasteiger partial charge < -0.3 is 10.2 Å². The third kappa shape index (κ3) is 5.34. The molecule has 0 heterocycles. The van der Waals surface area contributed by atoms with Crippen LogP contribution in [0.15, 0.2) is 18.2 Å². The second-order valence-electron chi connectivity index (χ2n) is 4.84. The summed E-state index contributed by atoms with van der Waals surface area (Å²) in [4.78, 5) is 2.31. The fourth-order valence-electron chi connectivity index (χ4n) is 1.60. The van der Waals surface area contributed by atoms with Gasteiger partial charge in [0, 0.05) is 17.6 Å². The van der Waals surface area contributed by atoms with Crippen LogP contribution in [-0.2, 0) is 6.54 Å². The second kappa shape index (κ2) is 7.72. The molecule has 2 nitrogen and oxygen atoms in total. The van der Waals surface area contributed by atoms with Crippen molar-refractivity contribution in [1.82, 2.24) is 10.2 Å². The molecular weight excluding hydrogens is 251 g/mol. The van der Waals surface area contributed by atoms with Gasteiger partial charge in [-0.15, -0.1) is 0 Å². The summed E-state index contributed by atoms with van der Waals surface area (Å²) in [5.74, 6) is -0.290. The maximum atomic E-state index is 12.8. The van der Waals surface area contributed by atoms with Gasteiger partial charge in [-0.3, -0.25) is 0 Å². The molecular formula is C14H22ClFN2. The first-order valence-electron chi connectivity index (χ1n) is 6.35. The van der Waals surface area contributed by atoms with Crippen LogP contribution in [0.1, 0.15) is 25.8 Å². The average Bonchev–Trinajstić information content (AvgIpc) is 2.30. The topological polar surface area (TPSA) is 15.3 Å². The van der Waals surface area contributed by atoms with Crippen molar-refractivity contribution in [2.45, 2.75) is 32.9 Å². The minimum Gasteiger partial charge on any atom is -0.313 e. The standard InChI is InChI=1S/C14H22ClFN2/c1-11(2)18(3)8-4-7-17-10-12-5-6-13(16)9-14(12)15/h5-6,9,11,17H,4,7-8,10H2,1-3H3. The number of halogens is 2. The van der Waals surface area contributed by atoms with Crippen molar-refractivity contribution in [3.05, 3.63) is 34.6 Å². The van der Waals surface area contributed by atoms with E-state index in [1.807, 2.05) is 0 Å². The Morgan fingerprint density at radius 1 is 1.39 bits per heavy atom. The third-order valence-electron chi connectivity index (χ3n) is 3.08. The Bertz CT molecular complexity index is 369. The molecule has 0 aliphatic heterocycles. The number of nitrogens with zero attached hydrogens (tertiary/aromatic N) is 1. The van der Waals surface area contributed by atoms with Crippen molar-refractivity contribution in [2.75, 3.05) is 20.1 Å². The largest absolute Gasteiger partial charge is 0.313 e. The maximum absolute atomic E-state index is 12.8. The predicted octanol–water partition coefficient (Wildman–Crippen LogP) is 3.30. The first kappa shape index (κ1) is 15.4. The minimum absolute atomic E-state index is 0.290. The van der Waals surface area contributed by atoms with E-state index in [0.717, 1.165) is 25.1 Å². The molecule has 102 valence electrons. The Morgan fingerprint density at radius 2 is 2.11 bits per heavy atom. The first-order valence-corrected chi connectivity index (χ1v) is 6.73. The highest BCUT2D eigenvalue weighted by Gasteiger charge is 2.03. The average molecular weight is 273 g/mol. The van der Waals surface area contributed by atoms with Crippen molar-refractivity contribution in [3.8, 4) is 0 Å². The molecule has 0 amide bonds. The molecule has 0 radical (unpaired) electrons. The number of hydrogen-bond acceptors (Lipinski definition) is 2.